The standard InChI is InChI=1S/C15H14Cl3NO2/c1-20-14-4-3-10(7-11(14)16)19-8-9-5-12(17)15(21-2)13(18)6-9/h3-7,19H,8H2,1-2H3. The molecule has 0 heterocycles. The molecule has 2 aromatic carbocycles. The Morgan fingerprint density at radius 1 is 0.905 bits per heavy atom. The van der Waals surface area contributed by atoms with Crippen LogP contribution >= 0.6 is 34.8 Å². The largest absolute Gasteiger partial charge is 0.495 e. The number of benzene rings is 2. The highest BCUT2D eigenvalue weighted by Crippen LogP contribution is 2.34. The molecule has 0 aliphatic rings. The minimum absolute atomic E-state index is 0.481. The second-order valence-electron chi connectivity index (χ2n) is 4.30. The minimum atomic E-state index is 0.481. The van der Waals surface area contributed by atoms with E-state index in [1.165, 1.54) is 7.11 Å². The number of rotatable bonds is 5. The van der Waals surface area contributed by atoms with Crippen LogP contribution in [0.5, 0.6) is 11.5 Å². The van der Waals surface area contributed by atoms with Gasteiger partial charge in [-0.2, -0.15) is 0 Å². The SMILES string of the molecule is COc1ccc(NCc2cc(Cl)c(OC)c(Cl)c2)cc1Cl. The molecule has 0 aromatic heterocycles. The smallest absolute Gasteiger partial charge is 0.156 e. The molecular weight excluding hydrogens is 333 g/mol. The van der Waals surface area contributed by atoms with Crippen molar-refractivity contribution in [1.29, 1.82) is 0 Å². The second kappa shape index (κ2) is 7.12. The molecule has 0 bridgehead atoms. The summed E-state index contributed by atoms with van der Waals surface area (Å²) in [5.74, 6) is 1.12. The molecule has 0 spiro atoms. The van der Waals surface area contributed by atoms with Crippen LogP contribution in [-0.2, 0) is 6.54 Å². The molecule has 0 amide bonds. The highest BCUT2D eigenvalue weighted by atomic mass is 35.5. The van der Waals surface area contributed by atoms with Crippen molar-refractivity contribution in [2.45, 2.75) is 6.54 Å². The van der Waals surface area contributed by atoms with Crippen molar-refractivity contribution in [3.05, 3.63) is 51.0 Å². The highest BCUT2D eigenvalue weighted by molar-refractivity contribution is 6.37. The summed E-state index contributed by atoms with van der Waals surface area (Å²) >= 11 is 18.3. The van der Waals surface area contributed by atoms with Gasteiger partial charge in [0.05, 0.1) is 29.3 Å². The Labute approximate surface area is 138 Å². The summed E-state index contributed by atoms with van der Waals surface area (Å²) in [5.41, 5.74) is 1.82. The molecule has 0 saturated carbocycles. The van der Waals surface area contributed by atoms with Gasteiger partial charge in [-0.05, 0) is 35.9 Å². The third-order valence-electron chi connectivity index (χ3n) is 2.91. The Morgan fingerprint density at radius 3 is 2.10 bits per heavy atom. The van der Waals surface area contributed by atoms with E-state index in [-0.39, 0.29) is 0 Å². The Morgan fingerprint density at radius 2 is 1.57 bits per heavy atom. The highest BCUT2D eigenvalue weighted by Gasteiger charge is 2.09. The van der Waals surface area contributed by atoms with Gasteiger partial charge in [-0.25, -0.2) is 0 Å². The summed E-state index contributed by atoms with van der Waals surface area (Å²) < 4.78 is 10.2. The number of anilines is 1. The predicted octanol–water partition coefficient (Wildman–Crippen LogP) is 5.28. The van der Waals surface area contributed by atoms with Crippen LogP contribution < -0.4 is 14.8 Å². The average molecular weight is 347 g/mol. The van der Waals surface area contributed by atoms with E-state index in [0.29, 0.717) is 33.1 Å². The van der Waals surface area contributed by atoms with Crippen LogP contribution in [0.25, 0.3) is 0 Å². The summed E-state index contributed by atoms with van der Waals surface area (Å²) in [6.45, 7) is 0.562. The van der Waals surface area contributed by atoms with Gasteiger partial charge < -0.3 is 14.8 Å². The maximum absolute atomic E-state index is 6.11. The fourth-order valence-corrected chi connectivity index (χ4v) is 2.83. The zero-order valence-corrected chi connectivity index (χ0v) is 13.8. The summed E-state index contributed by atoms with van der Waals surface area (Å²) in [6, 6.07) is 9.11. The van der Waals surface area contributed by atoms with Gasteiger partial charge >= 0.3 is 0 Å². The van der Waals surface area contributed by atoms with Crippen LogP contribution in [0.15, 0.2) is 30.3 Å². The van der Waals surface area contributed by atoms with Crippen LogP contribution in [0.3, 0.4) is 0 Å². The topological polar surface area (TPSA) is 30.5 Å². The molecule has 21 heavy (non-hydrogen) atoms. The lowest BCUT2D eigenvalue weighted by molar-refractivity contribution is 0.415. The third kappa shape index (κ3) is 3.88. The molecule has 3 nitrogen and oxygen atoms in total. The van der Waals surface area contributed by atoms with Gasteiger partial charge in [0.25, 0.3) is 0 Å². The van der Waals surface area contributed by atoms with Crippen molar-refractivity contribution in [2.75, 3.05) is 19.5 Å². The molecule has 0 fully saturated rings. The number of hydrogen-bond donors (Lipinski definition) is 1. The van der Waals surface area contributed by atoms with E-state index in [0.717, 1.165) is 11.3 Å². The van der Waals surface area contributed by atoms with Gasteiger partial charge in [-0.15, -0.1) is 0 Å². The van der Waals surface area contributed by atoms with E-state index >= 15 is 0 Å². The van der Waals surface area contributed by atoms with Crippen LogP contribution in [0.1, 0.15) is 5.56 Å². The first-order valence-electron chi connectivity index (χ1n) is 6.14. The van der Waals surface area contributed by atoms with E-state index in [1.54, 1.807) is 19.2 Å². The lowest BCUT2D eigenvalue weighted by Gasteiger charge is -2.11. The number of hydrogen-bond acceptors (Lipinski definition) is 3. The molecule has 0 aliphatic heterocycles. The van der Waals surface area contributed by atoms with Crippen molar-refractivity contribution < 1.29 is 9.47 Å². The van der Waals surface area contributed by atoms with Gasteiger partial charge in [0.15, 0.2) is 5.75 Å². The molecule has 2 rings (SSSR count). The monoisotopic (exact) mass is 345 g/mol. The number of halogens is 3. The number of nitrogens with one attached hydrogen (secondary N) is 1. The van der Waals surface area contributed by atoms with Crippen molar-refractivity contribution in [3.8, 4) is 11.5 Å². The van der Waals surface area contributed by atoms with Crippen LogP contribution in [0.2, 0.25) is 15.1 Å². The van der Waals surface area contributed by atoms with Crippen LogP contribution in [0.4, 0.5) is 5.69 Å². The van der Waals surface area contributed by atoms with E-state index in [9.17, 15) is 0 Å². The average Bonchev–Trinajstić information content (AvgIpc) is 2.45. The van der Waals surface area contributed by atoms with Gasteiger partial charge in [0.2, 0.25) is 0 Å². The Bertz CT molecular complexity index is 624. The van der Waals surface area contributed by atoms with Crippen LogP contribution in [-0.4, -0.2) is 14.2 Å². The maximum atomic E-state index is 6.11. The minimum Gasteiger partial charge on any atom is -0.495 e. The summed E-state index contributed by atoms with van der Waals surface area (Å²) in [6.07, 6.45) is 0. The predicted molar refractivity (Wildman–Crippen MR) is 88.3 cm³/mol. The normalized spacial score (nSPS) is 10.3. The lowest BCUT2D eigenvalue weighted by atomic mass is 10.2. The summed E-state index contributed by atoms with van der Waals surface area (Å²) in [4.78, 5) is 0. The number of methoxy groups -OCH3 is 2. The number of ether oxygens (including phenoxy) is 2. The third-order valence-corrected chi connectivity index (χ3v) is 3.77. The molecule has 0 saturated heterocycles. The van der Waals surface area contributed by atoms with E-state index < -0.39 is 0 Å². The van der Waals surface area contributed by atoms with Crippen molar-refractivity contribution in [1.82, 2.24) is 0 Å². The van der Waals surface area contributed by atoms with E-state index in [1.807, 2.05) is 18.2 Å². The van der Waals surface area contributed by atoms with Gasteiger partial charge in [-0.1, -0.05) is 34.8 Å². The van der Waals surface area contributed by atoms with Crippen molar-refractivity contribution in [2.24, 2.45) is 0 Å². The Hall–Kier alpha value is -1.29. The zero-order chi connectivity index (χ0) is 15.4. The molecule has 0 unspecified atom stereocenters. The van der Waals surface area contributed by atoms with Crippen molar-refractivity contribution >= 4 is 40.5 Å². The maximum Gasteiger partial charge on any atom is 0.156 e. The first-order chi connectivity index (χ1) is 10.0. The van der Waals surface area contributed by atoms with Gasteiger partial charge in [0.1, 0.15) is 5.75 Å². The molecule has 0 atom stereocenters. The molecule has 6 heteroatoms. The summed E-state index contributed by atoms with van der Waals surface area (Å²) in [7, 11) is 3.11. The van der Waals surface area contributed by atoms with E-state index in [2.05, 4.69) is 5.32 Å². The van der Waals surface area contributed by atoms with Crippen molar-refractivity contribution in [3.63, 3.8) is 0 Å². The molecule has 0 radical (unpaired) electrons. The quantitative estimate of drug-likeness (QED) is 0.799. The zero-order valence-electron chi connectivity index (χ0n) is 11.5. The van der Waals surface area contributed by atoms with Crippen LogP contribution in [0, 0.1) is 0 Å². The first kappa shape index (κ1) is 16.1. The molecule has 2 aromatic rings. The Kier molecular flexibility index (Phi) is 5.45. The van der Waals surface area contributed by atoms with Gasteiger partial charge in [0, 0.05) is 12.2 Å². The first-order valence-corrected chi connectivity index (χ1v) is 7.28. The van der Waals surface area contributed by atoms with Gasteiger partial charge in [-0.3, -0.25) is 0 Å². The molecule has 0 aliphatic carbocycles. The molecular formula is C15H14Cl3NO2. The summed E-state index contributed by atoms with van der Waals surface area (Å²) in [5, 5.41) is 4.76. The fraction of sp³-hybridized carbons (Fsp3) is 0.200. The molecule has 112 valence electrons. The molecule has 1 N–H and O–H groups in total. The second-order valence-corrected chi connectivity index (χ2v) is 5.52. The van der Waals surface area contributed by atoms with E-state index in [4.69, 9.17) is 44.3 Å². The fourth-order valence-electron chi connectivity index (χ4n) is 1.89. The lowest BCUT2D eigenvalue weighted by Crippen LogP contribution is -2.00. The Balaban J connectivity index is 2.11.